The van der Waals surface area contributed by atoms with Gasteiger partial charge in [-0.2, -0.15) is 0 Å². The lowest BCUT2D eigenvalue weighted by Gasteiger charge is -1.94. The Kier molecular flexibility index (Phi) is 2.35. The van der Waals surface area contributed by atoms with Gasteiger partial charge in [0.05, 0.1) is 0 Å². The monoisotopic (exact) mass is 191 g/mol. The average Bonchev–Trinajstić information content (AvgIpc) is 2.74. The van der Waals surface area contributed by atoms with Gasteiger partial charge in [0.15, 0.2) is 11.7 Å². The quantitative estimate of drug-likeness (QED) is 0.745. The van der Waals surface area contributed by atoms with E-state index in [1.54, 1.807) is 12.5 Å². The Bertz CT molecular complexity index is 416. The van der Waals surface area contributed by atoms with Crippen molar-refractivity contribution in [1.29, 1.82) is 0 Å². The molecular weight excluding hydrogens is 178 g/mol. The first-order valence-corrected chi connectivity index (χ1v) is 4.73. The van der Waals surface area contributed by atoms with Gasteiger partial charge in [-0.1, -0.05) is 6.92 Å². The number of hydrogen-bond donors (Lipinski definition) is 0. The summed E-state index contributed by atoms with van der Waals surface area (Å²) in [5, 5.41) is 0. The fourth-order valence-electron chi connectivity index (χ4n) is 1.35. The van der Waals surface area contributed by atoms with E-state index in [1.165, 1.54) is 0 Å². The van der Waals surface area contributed by atoms with Crippen molar-refractivity contribution in [2.24, 2.45) is 7.05 Å². The fraction of sp³-hybridized carbons (Fsp3) is 0.400. The van der Waals surface area contributed by atoms with Crippen LogP contribution >= 0.6 is 0 Å². The number of nitrogens with zero attached hydrogens (tertiary/aromatic N) is 3. The van der Waals surface area contributed by atoms with Crippen LogP contribution in [0, 0.1) is 0 Å². The summed E-state index contributed by atoms with van der Waals surface area (Å²) in [5.74, 6) is 1.63. The number of rotatable bonds is 3. The van der Waals surface area contributed by atoms with E-state index in [4.69, 9.17) is 4.42 Å². The summed E-state index contributed by atoms with van der Waals surface area (Å²) >= 11 is 0. The standard InChI is InChI=1S/C10H13N3O/c1-3-4-9-12-8(7-14-9)10-11-5-6-13(10)2/h5-7H,3-4H2,1-2H3. The van der Waals surface area contributed by atoms with E-state index < -0.39 is 0 Å². The summed E-state index contributed by atoms with van der Waals surface area (Å²) in [5.41, 5.74) is 0.806. The lowest BCUT2D eigenvalue weighted by molar-refractivity contribution is 0.491. The second-order valence-electron chi connectivity index (χ2n) is 3.24. The average molecular weight is 191 g/mol. The zero-order chi connectivity index (χ0) is 9.97. The fourth-order valence-corrected chi connectivity index (χ4v) is 1.35. The summed E-state index contributed by atoms with van der Waals surface area (Å²) < 4.78 is 7.24. The zero-order valence-corrected chi connectivity index (χ0v) is 8.40. The summed E-state index contributed by atoms with van der Waals surface area (Å²) in [6.45, 7) is 2.10. The molecule has 0 aliphatic rings. The number of hydrogen-bond acceptors (Lipinski definition) is 3. The van der Waals surface area contributed by atoms with Crippen LogP contribution in [0.3, 0.4) is 0 Å². The van der Waals surface area contributed by atoms with Gasteiger partial charge in [0.1, 0.15) is 12.0 Å². The van der Waals surface area contributed by atoms with Crippen LogP contribution in [-0.4, -0.2) is 14.5 Å². The van der Waals surface area contributed by atoms with Gasteiger partial charge in [-0.3, -0.25) is 0 Å². The normalized spacial score (nSPS) is 10.7. The smallest absolute Gasteiger partial charge is 0.194 e. The maximum Gasteiger partial charge on any atom is 0.194 e. The van der Waals surface area contributed by atoms with Crippen molar-refractivity contribution in [1.82, 2.24) is 14.5 Å². The molecular formula is C10H13N3O. The predicted molar refractivity (Wildman–Crippen MR) is 52.7 cm³/mol. The van der Waals surface area contributed by atoms with Crippen LogP contribution in [0.2, 0.25) is 0 Å². The molecule has 0 unspecified atom stereocenters. The Hall–Kier alpha value is -1.58. The predicted octanol–water partition coefficient (Wildman–Crippen LogP) is 2.03. The molecule has 0 amide bonds. The molecule has 0 atom stereocenters. The molecule has 4 heteroatoms. The second-order valence-corrected chi connectivity index (χ2v) is 3.24. The van der Waals surface area contributed by atoms with Crippen LogP contribution in [0.4, 0.5) is 0 Å². The third-order valence-corrected chi connectivity index (χ3v) is 2.07. The zero-order valence-electron chi connectivity index (χ0n) is 8.40. The minimum Gasteiger partial charge on any atom is -0.448 e. The first-order chi connectivity index (χ1) is 6.81. The van der Waals surface area contributed by atoms with Crippen molar-refractivity contribution in [3.05, 3.63) is 24.5 Å². The van der Waals surface area contributed by atoms with Gasteiger partial charge in [-0.05, 0) is 6.42 Å². The van der Waals surface area contributed by atoms with Gasteiger partial charge in [-0.15, -0.1) is 0 Å². The highest BCUT2D eigenvalue weighted by atomic mass is 16.3. The molecule has 0 radical (unpaired) electrons. The summed E-state index contributed by atoms with van der Waals surface area (Å²) in [6, 6.07) is 0. The maximum absolute atomic E-state index is 5.32. The van der Waals surface area contributed by atoms with E-state index in [0.29, 0.717) is 0 Å². The topological polar surface area (TPSA) is 43.9 Å². The summed E-state index contributed by atoms with van der Waals surface area (Å²) in [6.07, 6.45) is 7.23. The molecule has 4 nitrogen and oxygen atoms in total. The number of aromatic nitrogens is 3. The Morgan fingerprint density at radius 1 is 1.50 bits per heavy atom. The minimum absolute atomic E-state index is 0.783. The lowest BCUT2D eigenvalue weighted by atomic mass is 10.3. The SMILES string of the molecule is CCCc1nc(-c2nccn2C)co1. The highest BCUT2D eigenvalue weighted by Crippen LogP contribution is 2.16. The van der Waals surface area contributed by atoms with Gasteiger partial charge in [-0.25, -0.2) is 9.97 Å². The molecule has 74 valence electrons. The molecule has 0 aliphatic carbocycles. The van der Waals surface area contributed by atoms with E-state index in [2.05, 4.69) is 16.9 Å². The van der Waals surface area contributed by atoms with Crippen LogP contribution in [-0.2, 0) is 13.5 Å². The van der Waals surface area contributed by atoms with E-state index in [9.17, 15) is 0 Å². The van der Waals surface area contributed by atoms with Crippen LogP contribution in [0.1, 0.15) is 19.2 Å². The highest BCUT2D eigenvalue weighted by Gasteiger charge is 2.08. The molecule has 2 aromatic rings. The van der Waals surface area contributed by atoms with Crippen LogP contribution in [0.15, 0.2) is 23.1 Å². The summed E-state index contributed by atoms with van der Waals surface area (Å²) in [4.78, 5) is 8.55. The molecule has 0 saturated heterocycles. The molecule has 0 saturated carbocycles. The molecule has 2 rings (SSSR count). The Morgan fingerprint density at radius 2 is 2.36 bits per heavy atom. The van der Waals surface area contributed by atoms with Gasteiger partial charge >= 0.3 is 0 Å². The highest BCUT2D eigenvalue weighted by molar-refractivity contribution is 5.47. The molecule has 2 heterocycles. The minimum atomic E-state index is 0.783. The van der Waals surface area contributed by atoms with Gasteiger partial charge in [0.2, 0.25) is 0 Å². The molecule has 0 aromatic carbocycles. The van der Waals surface area contributed by atoms with Gasteiger partial charge in [0, 0.05) is 25.9 Å². The molecule has 0 aliphatic heterocycles. The van der Waals surface area contributed by atoms with Crippen molar-refractivity contribution in [2.75, 3.05) is 0 Å². The Morgan fingerprint density at radius 3 is 3.00 bits per heavy atom. The van der Waals surface area contributed by atoms with Crippen molar-refractivity contribution in [3.63, 3.8) is 0 Å². The first kappa shape index (κ1) is 8.99. The molecule has 0 N–H and O–H groups in total. The largest absolute Gasteiger partial charge is 0.448 e. The third kappa shape index (κ3) is 1.55. The Labute approximate surface area is 82.6 Å². The molecule has 14 heavy (non-hydrogen) atoms. The third-order valence-electron chi connectivity index (χ3n) is 2.07. The molecule has 0 spiro atoms. The first-order valence-electron chi connectivity index (χ1n) is 4.73. The van der Waals surface area contributed by atoms with Crippen molar-refractivity contribution in [2.45, 2.75) is 19.8 Å². The van der Waals surface area contributed by atoms with E-state index >= 15 is 0 Å². The maximum atomic E-state index is 5.32. The van der Waals surface area contributed by atoms with Crippen LogP contribution in [0.25, 0.3) is 11.5 Å². The van der Waals surface area contributed by atoms with Crippen LogP contribution in [0.5, 0.6) is 0 Å². The Balaban J connectivity index is 2.29. The van der Waals surface area contributed by atoms with Crippen molar-refractivity contribution < 1.29 is 4.42 Å². The number of oxazole rings is 1. The van der Waals surface area contributed by atoms with E-state index in [1.807, 2.05) is 17.8 Å². The van der Waals surface area contributed by atoms with Crippen molar-refractivity contribution in [3.8, 4) is 11.5 Å². The summed E-state index contributed by atoms with van der Waals surface area (Å²) in [7, 11) is 1.94. The second kappa shape index (κ2) is 3.65. The van der Waals surface area contributed by atoms with Gasteiger partial charge < -0.3 is 8.98 Å². The van der Waals surface area contributed by atoms with Crippen molar-refractivity contribution >= 4 is 0 Å². The molecule has 0 bridgehead atoms. The lowest BCUT2D eigenvalue weighted by Crippen LogP contribution is -1.91. The molecule has 2 aromatic heterocycles. The van der Waals surface area contributed by atoms with Gasteiger partial charge in [0.25, 0.3) is 0 Å². The number of aryl methyl sites for hydroxylation is 2. The number of imidazole rings is 1. The van der Waals surface area contributed by atoms with E-state index in [-0.39, 0.29) is 0 Å². The van der Waals surface area contributed by atoms with E-state index in [0.717, 1.165) is 30.3 Å². The molecule has 0 fully saturated rings. The van der Waals surface area contributed by atoms with Crippen LogP contribution < -0.4 is 0 Å².